The summed E-state index contributed by atoms with van der Waals surface area (Å²) in [4.78, 5) is 27.1. The van der Waals surface area contributed by atoms with E-state index < -0.39 is 6.09 Å². The quantitative estimate of drug-likeness (QED) is 0.743. The summed E-state index contributed by atoms with van der Waals surface area (Å²) in [6.07, 6.45) is 1.70. The third-order valence-electron chi connectivity index (χ3n) is 5.83. The van der Waals surface area contributed by atoms with Crippen LogP contribution in [0.2, 0.25) is 0 Å². The van der Waals surface area contributed by atoms with Crippen molar-refractivity contribution in [2.75, 3.05) is 36.5 Å². The van der Waals surface area contributed by atoms with E-state index in [1.54, 1.807) is 0 Å². The highest BCUT2D eigenvalue weighted by Crippen LogP contribution is 2.28. The van der Waals surface area contributed by atoms with Crippen molar-refractivity contribution in [1.82, 2.24) is 5.32 Å². The Kier molecular flexibility index (Phi) is 7.04. The Bertz CT molecular complexity index is 883. The molecule has 2 fully saturated rings. The van der Waals surface area contributed by atoms with Crippen molar-refractivity contribution in [1.29, 1.82) is 0 Å². The predicted molar refractivity (Wildman–Crippen MR) is 119 cm³/mol. The Morgan fingerprint density at radius 2 is 1.84 bits per heavy atom. The number of benzene rings is 2. The fourth-order valence-electron chi connectivity index (χ4n) is 4.13. The molecule has 0 aromatic heterocycles. The van der Waals surface area contributed by atoms with Gasteiger partial charge in [0.25, 0.3) is 0 Å². The second kappa shape index (κ2) is 10.3. The van der Waals surface area contributed by atoms with Crippen LogP contribution >= 0.6 is 0 Å². The smallest absolute Gasteiger partial charge is 0.407 e. The van der Waals surface area contributed by atoms with Gasteiger partial charge in [0.2, 0.25) is 5.91 Å². The summed E-state index contributed by atoms with van der Waals surface area (Å²) in [6, 6.07) is 17.5. The molecule has 2 aliphatic rings. The molecule has 1 heterocycles. The number of anilines is 2. The Labute approximate surface area is 182 Å². The molecule has 2 aromatic rings. The average Bonchev–Trinajstić information content (AvgIpc) is 3.28. The third-order valence-corrected chi connectivity index (χ3v) is 5.83. The molecule has 31 heavy (non-hydrogen) atoms. The van der Waals surface area contributed by atoms with Crippen LogP contribution in [0.3, 0.4) is 0 Å². The SMILES string of the molecule is O=C(N[C@H]1CC[C@@H](C(=O)Nc2cccc(N3CCOCC3)c2)C1)OCc1ccccc1. The summed E-state index contributed by atoms with van der Waals surface area (Å²) in [5.41, 5.74) is 2.83. The Hall–Kier alpha value is -3.06. The molecule has 0 bridgehead atoms. The number of nitrogens with zero attached hydrogens (tertiary/aromatic N) is 1. The van der Waals surface area contributed by atoms with E-state index in [4.69, 9.17) is 9.47 Å². The minimum atomic E-state index is -0.437. The van der Waals surface area contributed by atoms with Gasteiger partial charge >= 0.3 is 6.09 Å². The van der Waals surface area contributed by atoms with Gasteiger partial charge in [-0.1, -0.05) is 36.4 Å². The van der Waals surface area contributed by atoms with Gasteiger partial charge in [0, 0.05) is 36.4 Å². The fraction of sp³-hybridized carbons (Fsp3) is 0.417. The van der Waals surface area contributed by atoms with Gasteiger partial charge in [0.15, 0.2) is 0 Å². The van der Waals surface area contributed by atoms with Crippen LogP contribution in [0.1, 0.15) is 24.8 Å². The number of alkyl carbamates (subject to hydrolysis) is 1. The van der Waals surface area contributed by atoms with Gasteiger partial charge in [-0.25, -0.2) is 4.79 Å². The molecule has 1 saturated carbocycles. The minimum absolute atomic E-state index is 0.00100. The second-order valence-electron chi connectivity index (χ2n) is 8.05. The molecule has 7 heteroatoms. The van der Waals surface area contributed by atoms with E-state index >= 15 is 0 Å². The maximum atomic E-state index is 12.8. The number of rotatable bonds is 6. The topological polar surface area (TPSA) is 79.9 Å². The highest BCUT2D eigenvalue weighted by molar-refractivity contribution is 5.93. The van der Waals surface area contributed by atoms with Crippen LogP contribution < -0.4 is 15.5 Å². The number of ether oxygens (including phenoxy) is 2. The lowest BCUT2D eigenvalue weighted by Gasteiger charge is -2.29. The van der Waals surface area contributed by atoms with Crippen molar-refractivity contribution in [2.24, 2.45) is 5.92 Å². The Balaban J connectivity index is 1.23. The highest BCUT2D eigenvalue weighted by atomic mass is 16.5. The van der Waals surface area contributed by atoms with Crippen molar-refractivity contribution < 1.29 is 19.1 Å². The highest BCUT2D eigenvalue weighted by Gasteiger charge is 2.31. The summed E-state index contributed by atoms with van der Waals surface area (Å²) in [7, 11) is 0. The zero-order valence-corrected chi connectivity index (χ0v) is 17.6. The standard InChI is InChI=1S/C24H29N3O4/c28-23(25-20-7-4-8-22(16-20)27-11-13-30-14-12-27)19-9-10-21(15-19)26-24(29)31-17-18-5-2-1-3-6-18/h1-8,16,19,21H,9-15,17H2,(H,25,28)(H,26,29)/t19-,21+/m1/s1. The fourth-order valence-corrected chi connectivity index (χ4v) is 4.13. The summed E-state index contributed by atoms with van der Waals surface area (Å²) < 4.78 is 10.7. The Morgan fingerprint density at radius 1 is 1.03 bits per heavy atom. The van der Waals surface area contributed by atoms with Crippen LogP contribution in [-0.4, -0.2) is 44.3 Å². The predicted octanol–water partition coefficient (Wildman–Crippen LogP) is 3.56. The van der Waals surface area contributed by atoms with E-state index in [-0.39, 0.29) is 24.5 Å². The first-order chi connectivity index (χ1) is 15.2. The van der Waals surface area contributed by atoms with Gasteiger partial charge in [-0.05, 0) is 43.0 Å². The van der Waals surface area contributed by atoms with Crippen LogP contribution in [-0.2, 0) is 20.9 Å². The summed E-state index contributed by atoms with van der Waals surface area (Å²) >= 11 is 0. The number of carbonyl (C=O) groups is 2. The molecule has 1 aliphatic carbocycles. The zero-order valence-electron chi connectivity index (χ0n) is 17.6. The van der Waals surface area contributed by atoms with Crippen LogP contribution in [0.4, 0.5) is 16.2 Å². The molecule has 0 spiro atoms. The summed E-state index contributed by atoms with van der Waals surface area (Å²) in [6.45, 7) is 3.39. The van der Waals surface area contributed by atoms with Crippen molar-refractivity contribution in [2.45, 2.75) is 31.9 Å². The normalized spacial score (nSPS) is 20.8. The first-order valence-corrected chi connectivity index (χ1v) is 10.9. The molecule has 164 valence electrons. The van der Waals surface area contributed by atoms with Crippen molar-refractivity contribution in [3.8, 4) is 0 Å². The van der Waals surface area contributed by atoms with Crippen molar-refractivity contribution >= 4 is 23.4 Å². The molecule has 2 amide bonds. The van der Waals surface area contributed by atoms with E-state index in [2.05, 4.69) is 21.6 Å². The van der Waals surface area contributed by atoms with Crippen LogP contribution in [0.5, 0.6) is 0 Å². The average molecular weight is 424 g/mol. The molecule has 0 radical (unpaired) electrons. The van der Waals surface area contributed by atoms with E-state index in [1.165, 1.54) is 0 Å². The van der Waals surface area contributed by atoms with Gasteiger partial charge in [-0.3, -0.25) is 4.79 Å². The zero-order chi connectivity index (χ0) is 21.5. The van der Waals surface area contributed by atoms with Gasteiger partial charge in [0.1, 0.15) is 6.61 Å². The Morgan fingerprint density at radius 3 is 2.65 bits per heavy atom. The number of amides is 2. The lowest BCUT2D eigenvalue weighted by atomic mass is 10.1. The molecular formula is C24H29N3O4. The largest absolute Gasteiger partial charge is 0.445 e. The number of hydrogen-bond donors (Lipinski definition) is 2. The third kappa shape index (κ3) is 5.98. The molecule has 2 aromatic carbocycles. The molecule has 7 nitrogen and oxygen atoms in total. The first kappa shape index (κ1) is 21.2. The second-order valence-corrected chi connectivity index (χ2v) is 8.05. The number of nitrogens with one attached hydrogen (secondary N) is 2. The lowest BCUT2D eigenvalue weighted by Crippen LogP contribution is -2.36. The van der Waals surface area contributed by atoms with E-state index in [0.29, 0.717) is 6.42 Å². The van der Waals surface area contributed by atoms with Gasteiger partial charge in [0.05, 0.1) is 13.2 Å². The molecule has 0 unspecified atom stereocenters. The maximum Gasteiger partial charge on any atom is 0.407 e. The summed E-state index contributed by atoms with van der Waals surface area (Å²) in [5.74, 6) is -0.118. The molecule has 4 rings (SSSR count). The van der Waals surface area contributed by atoms with Crippen LogP contribution in [0.25, 0.3) is 0 Å². The van der Waals surface area contributed by atoms with Crippen LogP contribution in [0.15, 0.2) is 54.6 Å². The summed E-state index contributed by atoms with van der Waals surface area (Å²) in [5, 5.41) is 5.93. The van der Waals surface area contributed by atoms with Gasteiger partial charge in [-0.15, -0.1) is 0 Å². The molecular weight excluding hydrogens is 394 g/mol. The van der Waals surface area contributed by atoms with Gasteiger partial charge in [-0.2, -0.15) is 0 Å². The molecule has 2 N–H and O–H groups in total. The molecule has 1 aliphatic heterocycles. The minimum Gasteiger partial charge on any atom is -0.445 e. The maximum absolute atomic E-state index is 12.8. The van der Waals surface area contributed by atoms with E-state index in [1.807, 2.05) is 48.5 Å². The van der Waals surface area contributed by atoms with Crippen LogP contribution in [0, 0.1) is 5.92 Å². The van der Waals surface area contributed by atoms with Crippen molar-refractivity contribution in [3.05, 3.63) is 60.2 Å². The number of carbonyl (C=O) groups excluding carboxylic acids is 2. The van der Waals surface area contributed by atoms with E-state index in [9.17, 15) is 9.59 Å². The molecule has 1 saturated heterocycles. The number of hydrogen-bond acceptors (Lipinski definition) is 5. The van der Waals surface area contributed by atoms with Gasteiger partial charge < -0.3 is 25.0 Å². The van der Waals surface area contributed by atoms with E-state index in [0.717, 1.165) is 56.1 Å². The first-order valence-electron chi connectivity index (χ1n) is 10.9. The monoisotopic (exact) mass is 423 g/mol. The lowest BCUT2D eigenvalue weighted by molar-refractivity contribution is -0.119. The molecule has 2 atom stereocenters. The van der Waals surface area contributed by atoms with Crippen molar-refractivity contribution in [3.63, 3.8) is 0 Å². The number of morpholine rings is 1.